The van der Waals surface area contributed by atoms with Crippen LogP contribution in [0, 0.1) is 12.8 Å². The first-order valence-corrected chi connectivity index (χ1v) is 9.24. The van der Waals surface area contributed by atoms with Gasteiger partial charge in [0.25, 0.3) is 5.91 Å². The Morgan fingerprint density at radius 1 is 1.00 bits per heavy atom. The van der Waals surface area contributed by atoms with E-state index in [0.717, 1.165) is 31.6 Å². The van der Waals surface area contributed by atoms with Crippen molar-refractivity contribution < 1.29 is 9.59 Å². The molecule has 0 atom stereocenters. The van der Waals surface area contributed by atoms with E-state index in [1.54, 1.807) is 11.1 Å². The maximum Gasteiger partial charge on any atom is 0.274 e. The third-order valence-corrected chi connectivity index (χ3v) is 3.81. The number of hydrogen-bond donors (Lipinski definition) is 0. The average Bonchev–Trinajstić information content (AvgIpc) is 2.58. The molecule has 0 aromatic carbocycles. The van der Waals surface area contributed by atoms with Gasteiger partial charge in [-0.25, -0.2) is 4.98 Å². The lowest BCUT2D eigenvalue weighted by atomic mass is 10.2. The van der Waals surface area contributed by atoms with Crippen LogP contribution in [0.15, 0.2) is 12.4 Å². The van der Waals surface area contributed by atoms with Gasteiger partial charge >= 0.3 is 0 Å². The summed E-state index contributed by atoms with van der Waals surface area (Å²) in [6.07, 6.45) is 5.33. The topological polar surface area (TPSA) is 66.4 Å². The van der Waals surface area contributed by atoms with E-state index in [1.807, 2.05) is 11.8 Å². The standard InChI is InChI=1S/C19H32N4O2/c1-6-9-22(10-7-2)18(24)8-11-23(14-15(3)4)19(25)17-13-20-16(5)12-21-17/h12-13,15H,6-11,14H2,1-5H3. The Morgan fingerprint density at radius 3 is 2.12 bits per heavy atom. The van der Waals surface area contributed by atoms with E-state index in [4.69, 9.17) is 0 Å². The summed E-state index contributed by atoms with van der Waals surface area (Å²) in [5, 5.41) is 0. The highest BCUT2D eigenvalue weighted by Gasteiger charge is 2.21. The first kappa shape index (κ1) is 21.1. The zero-order chi connectivity index (χ0) is 18.8. The minimum atomic E-state index is -0.161. The minimum absolute atomic E-state index is 0.111. The third kappa shape index (κ3) is 7.20. The summed E-state index contributed by atoms with van der Waals surface area (Å²) in [4.78, 5) is 37.1. The number of carbonyl (C=O) groups is 2. The number of hydrogen-bond acceptors (Lipinski definition) is 4. The zero-order valence-corrected chi connectivity index (χ0v) is 16.3. The smallest absolute Gasteiger partial charge is 0.274 e. The fraction of sp³-hybridized carbons (Fsp3) is 0.684. The van der Waals surface area contributed by atoms with Gasteiger partial charge in [0.2, 0.25) is 5.91 Å². The zero-order valence-electron chi connectivity index (χ0n) is 16.3. The summed E-state index contributed by atoms with van der Waals surface area (Å²) in [7, 11) is 0. The Hall–Kier alpha value is -1.98. The van der Waals surface area contributed by atoms with Crippen LogP contribution in [0.2, 0.25) is 0 Å². The van der Waals surface area contributed by atoms with Crippen LogP contribution < -0.4 is 0 Å². The molecule has 1 aromatic rings. The van der Waals surface area contributed by atoms with Gasteiger partial charge in [-0.05, 0) is 25.7 Å². The molecule has 0 bridgehead atoms. The normalized spacial score (nSPS) is 10.8. The molecular formula is C19H32N4O2. The predicted octanol–water partition coefficient (Wildman–Crippen LogP) is 2.92. The molecule has 6 nitrogen and oxygen atoms in total. The molecule has 0 aliphatic rings. The molecule has 0 saturated carbocycles. The second kappa shape index (κ2) is 10.8. The molecule has 0 radical (unpaired) electrons. The van der Waals surface area contributed by atoms with Gasteiger partial charge < -0.3 is 9.80 Å². The highest BCUT2D eigenvalue weighted by molar-refractivity contribution is 5.92. The van der Waals surface area contributed by atoms with Gasteiger partial charge in [-0.15, -0.1) is 0 Å². The van der Waals surface area contributed by atoms with Crippen molar-refractivity contribution in [2.45, 2.75) is 53.9 Å². The van der Waals surface area contributed by atoms with Crippen molar-refractivity contribution in [2.24, 2.45) is 5.92 Å². The lowest BCUT2D eigenvalue weighted by Gasteiger charge is -2.26. The Kier molecular flexibility index (Phi) is 9.10. The molecule has 6 heteroatoms. The number of nitrogens with zero attached hydrogens (tertiary/aromatic N) is 4. The van der Waals surface area contributed by atoms with Crippen molar-refractivity contribution in [1.29, 1.82) is 0 Å². The Morgan fingerprint density at radius 2 is 1.64 bits per heavy atom. The summed E-state index contributed by atoms with van der Waals surface area (Å²) < 4.78 is 0. The fourth-order valence-corrected chi connectivity index (χ4v) is 2.67. The summed E-state index contributed by atoms with van der Waals surface area (Å²) in [5.41, 5.74) is 1.11. The highest BCUT2D eigenvalue weighted by Crippen LogP contribution is 2.08. The van der Waals surface area contributed by atoms with Crippen molar-refractivity contribution in [3.63, 3.8) is 0 Å². The van der Waals surface area contributed by atoms with Crippen LogP contribution in [0.3, 0.4) is 0 Å². The lowest BCUT2D eigenvalue weighted by molar-refractivity contribution is -0.131. The van der Waals surface area contributed by atoms with Crippen molar-refractivity contribution in [3.8, 4) is 0 Å². The number of rotatable bonds is 10. The van der Waals surface area contributed by atoms with Crippen LogP contribution in [0.1, 0.15) is 63.1 Å². The average molecular weight is 348 g/mol. The molecular weight excluding hydrogens is 316 g/mol. The lowest BCUT2D eigenvalue weighted by Crippen LogP contribution is -2.39. The second-order valence-corrected chi connectivity index (χ2v) is 6.82. The van der Waals surface area contributed by atoms with Crippen molar-refractivity contribution >= 4 is 11.8 Å². The van der Waals surface area contributed by atoms with E-state index in [9.17, 15) is 9.59 Å². The molecule has 25 heavy (non-hydrogen) atoms. The molecule has 0 saturated heterocycles. The van der Waals surface area contributed by atoms with Gasteiger partial charge in [-0.1, -0.05) is 27.7 Å². The summed E-state index contributed by atoms with van der Waals surface area (Å²) in [5.74, 6) is 0.270. The largest absolute Gasteiger partial charge is 0.343 e. The molecule has 1 heterocycles. The summed E-state index contributed by atoms with van der Waals surface area (Å²) in [6, 6.07) is 0. The van der Waals surface area contributed by atoms with Crippen LogP contribution in [-0.4, -0.2) is 57.8 Å². The molecule has 2 amide bonds. The molecule has 140 valence electrons. The van der Waals surface area contributed by atoms with E-state index in [0.29, 0.717) is 31.1 Å². The van der Waals surface area contributed by atoms with E-state index < -0.39 is 0 Å². The first-order chi connectivity index (χ1) is 11.9. The van der Waals surface area contributed by atoms with Crippen LogP contribution in [0.25, 0.3) is 0 Å². The monoisotopic (exact) mass is 348 g/mol. The van der Waals surface area contributed by atoms with Crippen molar-refractivity contribution in [1.82, 2.24) is 19.8 Å². The molecule has 0 N–H and O–H groups in total. The molecule has 0 spiro atoms. The van der Waals surface area contributed by atoms with E-state index >= 15 is 0 Å². The summed E-state index contributed by atoms with van der Waals surface area (Å²) >= 11 is 0. The molecule has 0 fully saturated rings. The fourth-order valence-electron chi connectivity index (χ4n) is 2.67. The predicted molar refractivity (Wildman–Crippen MR) is 99.3 cm³/mol. The first-order valence-electron chi connectivity index (χ1n) is 9.24. The summed E-state index contributed by atoms with van der Waals surface area (Å²) in [6.45, 7) is 12.6. The van der Waals surface area contributed by atoms with E-state index in [1.165, 1.54) is 6.20 Å². The van der Waals surface area contributed by atoms with Crippen molar-refractivity contribution in [3.05, 3.63) is 23.8 Å². The Bertz CT molecular complexity index is 537. The van der Waals surface area contributed by atoms with Gasteiger partial charge in [0, 0.05) is 38.8 Å². The van der Waals surface area contributed by atoms with Crippen LogP contribution >= 0.6 is 0 Å². The van der Waals surface area contributed by atoms with Crippen molar-refractivity contribution in [2.75, 3.05) is 26.2 Å². The maximum absolute atomic E-state index is 12.7. The molecule has 0 aliphatic heterocycles. The molecule has 0 unspecified atom stereocenters. The van der Waals surface area contributed by atoms with Gasteiger partial charge in [0.05, 0.1) is 11.9 Å². The van der Waals surface area contributed by atoms with Crippen LogP contribution in [0.5, 0.6) is 0 Å². The quantitative estimate of drug-likeness (QED) is 0.652. The minimum Gasteiger partial charge on any atom is -0.343 e. The van der Waals surface area contributed by atoms with Gasteiger partial charge in [-0.2, -0.15) is 0 Å². The third-order valence-electron chi connectivity index (χ3n) is 3.81. The number of aryl methyl sites for hydroxylation is 1. The van der Waals surface area contributed by atoms with E-state index in [-0.39, 0.29) is 11.8 Å². The van der Waals surface area contributed by atoms with Crippen LogP contribution in [-0.2, 0) is 4.79 Å². The van der Waals surface area contributed by atoms with Gasteiger partial charge in [0.1, 0.15) is 5.69 Å². The Labute approximate surface area is 151 Å². The van der Waals surface area contributed by atoms with Crippen LogP contribution in [0.4, 0.5) is 0 Å². The second-order valence-electron chi connectivity index (χ2n) is 6.82. The molecule has 1 aromatic heterocycles. The van der Waals surface area contributed by atoms with Gasteiger partial charge in [-0.3, -0.25) is 14.6 Å². The Balaban J connectivity index is 2.76. The maximum atomic E-state index is 12.7. The number of amides is 2. The molecule has 1 rings (SSSR count). The molecule has 0 aliphatic carbocycles. The SMILES string of the molecule is CCCN(CCC)C(=O)CCN(CC(C)C)C(=O)c1cnc(C)cn1. The van der Waals surface area contributed by atoms with Gasteiger partial charge in [0.15, 0.2) is 0 Å². The van der Waals surface area contributed by atoms with E-state index in [2.05, 4.69) is 37.7 Å². The number of aromatic nitrogens is 2. The highest BCUT2D eigenvalue weighted by atomic mass is 16.2. The number of carbonyl (C=O) groups excluding carboxylic acids is 2.